The maximum atomic E-state index is 11.9. The predicted octanol–water partition coefficient (Wildman–Crippen LogP) is 0.630. The Bertz CT molecular complexity index is 637. The SMILES string of the molecule is COC(=O)CCN(C)C1=NS(=O)(=O)c2ccccc21. The molecule has 0 spiro atoms. The third-order valence-corrected chi connectivity index (χ3v) is 4.18. The molecule has 0 bridgehead atoms. The fourth-order valence-corrected chi connectivity index (χ4v) is 3.08. The molecule has 1 aromatic rings. The van der Waals surface area contributed by atoms with Crippen LogP contribution in [0.2, 0.25) is 0 Å². The quantitative estimate of drug-likeness (QED) is 0.760. The van der Waals surface area contributed by atoms with Gasteiger partial charge in [-0.2, -0.15) is 8.42 Å². The standard InChI is InChI=1S/C12H14N2O4S/c1-14(8-7-11(15)18-2)12-9-5-3-4-6-10(9)19(16,17)13-12/h3-6H,7-8H2,1-2H3. The predicted molar refractivity (Wildman–Crippen MR) is 69.4 cm³/mol. The van der Waals surface area contributed by atoms with E-state index in [1.165, 1.54) is 13.2 Å². The lowest BCUT2D eigenvalue weighted by molar-refractivity contribution is -0.140. The molecule has 2 rings (SSSR count). The number of sulfonamides is 1. The topological polar surface area (TPSA) is 76.0 Å². The Morgan fingerprint density at radius 1 is 1.37 bits per heavy atom. The number of carbonyl (C=O) groups excluding carboxylic acids is 1. The van der Waals surface area contributed by atoms with Gasteiger partial charge in [0.1, 0.15) is 4.90 Å². The first-order valence-corrected chi connectivity index (χ1v) is 7.12. The Balaban J connectivity index is 2.25. The number of carbonyl (C=O) groups is 1. The molecule has 0 saturated heterocycles. The Labute approximate surface area is 111 Å². The van der Waals surface area contributed by atoms with E-state index in [2.05, 4.69) is 9.13 Å². The summed E-state index contributed by atoms with van der Waals surface area (Å²) in [7, 11) is -0.605. The average molecular weight is 282 g/mol. The van der Waals surface area contributed by atoms with E-state index in [1.807, 2.05) is 0 Å². The number of hydrogen-bond acceptors (Lipinski definition) is 5. The number of methoxy groups -OCH3 is 1. The van der Waals surface area contributed by atoms with Gasteiger partial charge in [0.2, 0.25) is 0 Å². The first-order chi connectivity index (χ1) is 8.95. The monoisotopic (exact) mass is 282 g/mol. The van der Waals surface area contributed by atoms with E-state index in [0.29, 0.717) is 17.9 Å². The molecule has 1 aliphatic heterocycles. The molecule has 0 N–H and O–H groups in total. The van der Waals surface area contributed by atoms with Crippen molar-refractivity contribution in [2.24, 2.45) is 4.40 Å². The van der Waals surface area contributed by atoms with Crippen LogP contribution in [0, 0.1) is 0 Å². The van der Waals surface area contributed by atoms with Crippen LogP contribution in [0.5, 0.6) is 0 Å². The lowest BCUT2D eigenvalue weighted by Gasteiger charge is -2.18. The minimum atomic E-state index is -3.61. The summed E-state index contributed by atoms with van der Waals surface area (Å²) in [4.78, 5) is 12.9. The highest BCUT2D eigenvalue weighted by atomic mass is 32.2. The summed E-state index contributed by atoms with van der Waals surface area (Å²) in [5.41, 5.74) is 0.565. The van der Waals surface area contributed by atoms with Crippen LogP contribution in [-0.2, 0) is 19.6 Å². The fraction of sp³-hybridized carbons (Fsp3) is 0.333. The van der Waals surface area contributed by atoms with Crippen molar-refractivity contribution in [2.45, 2.75) is 11.3 Å². The molecule has 0 fully saturated rings. The molecule has 1 aromatic carbocycles. The Hall–Kier alpha value is -1.89. The van der Waals surface area contributed by atoms with Crippen molar-refractivity contribution in [1.82, 2.24) is 4.90 Å². The van der Waals surface area contributed by atoms with Gasteiger partial charge in [-0.15, -0.1) is 4.40 Å². The van der Waals surface area contributed by atoms with E-state index in [4.69, 9.17) is 0 Å². The second-order valence-electron chi connectivity index (χ2n) is 4.13. The lowest BCUT2D eigenvalue weighted by atomic mass is 10.2. The Kier molecular flexibility index (Phi) is 3.57. The van der Waals surface area contributed by atoms with E-state index in [-0.39, 0.29) is 17.3 Å². The van der Waals surface area contributed by atoms with Gasteiger partial charge in [-0.1, -0.05) is 12.1 Å². The summed E-state index contributed by atoms with van der Waals surface area (Å²) in [5, 5.41) is 0. The van der Waals surface area contributed by atoms with E-state index in [0.717, 1.165) is 0 Å². The van der Waals surface area contributed by atoms with Gasteiger partial charge in [-0.3, -0.25) is 4.79 Å². The molecule has 0 radical (unpaired) electrons. The zero-order chi connectivity index (χ0) is 14.0. The number of esters is 1. The molecule has 0 aromatic heterocycles. The molecule has 102 valence electrons. The molecular formula is C12H14N2O4S. The Morgan fingerprint density at radius 3 is 2.74 bits per heavy atom. The van der Waals surface area contributed by atoms with E-state index >= 15 is 0 Å². The van der Waals surface area contributed by atoms with Crippen LogP contribution in [0.25, 0.3) is 0 Å². The van der Waals surface area contributed by atoms with Gasteiger partial charge < -0.3 is 9.64 Å². The third-order valence-electron chi connectivity index (χ3n) is 2.85. The highest BCUT2D eigenvalue weighted by molar-refractivity contribution is 7.90. The van der Waals surface area contributed by atoms with Gasteiger partial charge in [0, 0.05) is 19.2 Å². The summed E-state index contributed by atoms with van der Waals surface area (Å²) in [6.45, 7) is 0.343. The molecule has 7 heteroatoms. The van der Waals surface area contributed by atoms with Crippen LogP contribution in [0.4, 0.5) is 0 Å². The number of rotatable bonds is 3. The third kappa shape index (κ3) is 2.60. The van der Waals surface area contributed by atoms with Gasteiger partial charge in [-0.25, -0.2) is 0 Å². The first kappa shape index (κ1) is 13.5. The molecule has 0 atom stereocenters. The first-order valence-electron chi connectivity index (χ1n) is 5.68. The van der Waals surface area contributed by atoms with Crippen molar-refractivity contribution in [3.8, 4) is 0 Å². The van der Waals surface area contributed by atoms with Crippen LogP contribution in [0.1, 0.15) is 12.0 Å². The molecule has 6 nitrogen and oxygen atoms in total. The minimum Gasteiger partial charge on any atom is -0.469 e. The van der Waals surface area contributed by atoms with Crippen molar-refractivity contribution < 1.29 is 17.9 Å². The molecule has 1 aliphatic rings. The van der Waals surface area contributed by atoms with E-state index in [9.17, 15) is 13.2 Å². The molecule has 0 amide bonds. The molecule has 19 heavy (non-hydrogen) atoms. The molecule has 0 unspecified atom stereocenters. The summed E-state index contributed by atoms with van der Waals surface area (Å²) in [5.74, 6) is 0.0149. The van der Waals surface area contributed by atoms with Crippen LogP contribution in [0.3, 0.4) is 0 Å². The molecule has 0 saturated carbocycles. The average Bonchev–Trinajstić information content (AvgIpc) is 2.68. The van der Waals surface area contributed by atoms with Gasteiger partial charge in [0.15, 0.2) is 5.84 Å². The van der Waals surface area contributed by atoms with Crippen LogP contribution in [-0.4, -0.2) is 45.8 Å². The van der Waals surface area contributed by atoms with Crippen LogP contribution >= 0.6 is 0 Å². The maximum Gasteiger partial charge on any atom is 0.307 e. The van der Waals surface area contributed by atoms with Crippen molar-refractivity contribution in [2.75, 3.05) is 20.7 Å². The largest absolute Gasteiger partial charge is 0.469 e. The summed E-state index contributed by atoms with van der Waals surface area (Å²) < 4.78 is 32.0. The molecular weight excluding hydrogens is 268 g/mol. The van der Waals surface area contributed by atoms with Gasteiger partial charge in [0.05, 0.1) is 13.5 Å². The van der Waals surface area contributed by atoms with Crippen molar-refractivity contribution in [1.29, 1.82) is 0 Å². The highest BCUT2D eigenvalue weighted by Crippen LogP contribution is 2.26. The Morgan fingerprint density at radius 2 is 2.05 bits per heavy atom. The van der Waals surface area contributed by atoms with Crippen LogP contribution in [0.15, 0.2) is 33.6 Å². The minimum absolute atomic E-state index is 0.175. The van der Waals surface area contributed by atoms with Crippen LogP contribution < -0.4 is 0 Å². The second kappa shape index (κ2) is 5.00. The van der Waals surface area contributed by atoms with Gasteiger partial charge in [0.25, 0.3) is 10.0 Å². The van der Waals surface area contributed by atoms with Crippen molar-refractivity contribution in [3.05, 3.63) is 29.8 Å². The molecule has 0 aliphatic carbocycles. The van der Waals surface area contributed by atoms with Gasteiger partial charge in [-0.05, 0) is 12.1 Å². The smallest absolute Gasteiger partial charge is 0.307 e. The number of fused-ring (bicyclic) bond motifs is 1. The number of benzene rings is 1. The molecule has 1 heterocycles. The fourth-order valence-electron chi connectivity index (χ4n) is 1.83. The van der Waals surface area contributed by atoms with Crippen molar-refractivity contribution in [3.63, 3.8) is 0 Å². The lowest BCUT2D eigenvalue weighted by Crippen LogP contribution is -2.29. The normalized spacial score (nSPS) is 15.6. The summed E-state index contributed by atoms with van der Waals surface area (Å²) >= 11 is 0. The zero-order valence-corrected chi connectivity index (χ0v) is 11.5. The number of ether oxygens (including phenoxy) is 1. The van der Waals surface area contributed by atoms with Crippen molar-refractivity contribution >= 4 is 21.8 Å². The summed E-state index contributed by atoms with van der Waals surface area (Å²) in [6, 6.07) is 6.63. The highest BCUT2D eigenvalue weighted by Gasteiger charge is 2.30. The zero-order valence-electron chi connectivity index (χ0n) is 10.7. The van der Waals surface area contributed by atoms with E-state index < -0.39 is 10.0 Å². The number of hydrogen-bond donors (Lipinski definition) is 0. The maximum absolute atomic E-state index is 11.9. The summed E-state index contributed by atoms with van der Waals surface area (Å²) in [6.07, 6.45) is 0.175. The van der Waals surface area contributed by atoms with E-state index in [1.54, 1.807) is 30.1 Å². The second-order valence-corrected chi connectivity index (χ2v) is 5.71. The van der Waals surface area contributed by atoms with Gasteiger partial charge >= 0.3 is 5.97 Å². The number of amidine groups is 1. The number of nitrogens with zero attached hydrogens (tertiary/aromatic N) is 2.